The monoisotopic (exact) mass is 623 g/mol. The minimum absolute atomic E-state index is 0.0195. The molecule has 0 spiro atoms. The predicted molar refractivity (Wildman–Crippen MR) is 177 cm³/mol. The van der Waals surface area contributed by atoms with Gasteiger partial charge >= 0.3 is 0 Å². The number of rotatable bonds is 15. The summed E-state index contributed by atoms with van der Waals surface area (Å²) in [5.41, 5.74) is 2.28. The maximum atomic E-state index is 13.5. The molecule has 0 heterocycles. The number of anilines is 1. The number of carbonyl (C=O) groups is 3. The van der Waals surface area contributed by atoms with Gasteiger partial charge in [0.15, 0.2) is 0 Å². The Bertz CT molecular complexity index is 1520. The molecular weight excluding hydrogens is 582 g/mol. The van der Waals surface area contributed by atoms with Gasteiger partial charge in [-0.05, 0) is 72.9 Å². The molecule has 0 aromatic heterocycles. The highest BCUT2D eigenvalue weighted by Crippen LogP contribution is 2.33. The van der Waals surface area contributed by atoms with Crippen LogP contribution in [0.15, 0.2) is 109 Å². The Morgan fingerprint density at radius 2 is 1.37 bits per heavy atom. The number of aliphatic hydroxyl groups is 1. The van der Waals surface area contributed by atoms with E-state index in [9.17, 15) is 24.6 Å². The number of nitrogens with one attached hydrogen (secondary N) is 3. The summed E-state index contributed by atoms with van der Waals surface area (Å²) < 4.78 is 5.68. The van der Waals surface area contributed by atoms with Gasteiger partial charge in [-0.1, -0.05) is 79.7 Å². The summed E-state index contributed by atoms with van der Waals surface area (Å²) in [6, 6.07) is 31.4. The molecule has 0 bridgehead atoms. The van der Waals surface area contributed by atoms with Crippen LogP contribution in [0.4, 0.5) is 5.69 Å². The van der Waals surface area contributed by atoms with Gasteiger partial charge in [0.05, 0.1) is 24.7 Å². The third-order valence-corrected chi connectivity index (χ3v) is 7.82. The van der Waals surface area contributed by atoms with E-state index in [2.05, 4.69) is 16.0 Å². The molecule has 2 unspecified atom stereocenters. The van der Waals surface area contributed by atoms with Crippen molar-refractivity contribution in [3.05, 3.63) is 126 Å². The zero-order valence-corrected chi connectivity index (χ0v) is 26.1. The summed E-state index contributed by atoms with van der Waals surface area (Å²) in [5, 5.41) is 28.0. The normalized spacial score (nSPS) is 12.4. The molecule has 0 aliphatic rings. The van der Waals surface area contributed by atoms with Gasteiger partial charge in [-0.3, -0.25) is 14.4 Å². The van der Waals surface area contributed by atoms with Gasteiger partial charge in [0.25, 0.3) is 0 Å². The smallest absolute Gasteiger partial charge is 0.246 e. The van der Waals surface area contributed by atoms with E-state index in [4.69, 9.17) is 4.74 Å². The summed E-state index contributed by atoms with van der Waals surface area (Å²) in [4.78, 5) is 39.8. The van der Waals surface area contributed by atoms with Gasteiger partial charge in [0, 0.05) is 12.1 Å². The number of aromatic hydroxyl groups is 1. The van der Waals surface area contributed by atoms with Crippen LogP contribution < -0.4 is 20.7 Å². The summed E-state index contributed by atoms with van der Waals surface area (Å²) >= 11 is 0. The van der Waals surface area contributed by atoms with E-state index in [0.717, 1.165) is 16.7 Å². The van der Waals surface area contributed by atoms with Crippen molar-refractivity contribution in [2.75, 3.05) is 11.9 Å². The van der Waals surface area contributed by atoms with Crippen LogP contribution in [0.3, 0.4) is 0 Å². The average Bonchev–Trinajstić information content (AvgIpc) is 3.07. The van der Waals surface area contributed by atoms with Crippen molar-refractivity contribution < 1.29 is 29.3 Å². The molecule has 0 saturated carbocycles. The molecule has 5 N–H and O–H groups in total. The van der Waals surface area contributed by atoms with E-state index in [1.54, 1.807) is 43.3 Å². The first-order valence-electron chi connectivity index (χ1n) is 15.4. The number of phenols is 1. The number of aliphatic hydroxyl groups excluding tert-OH is 1. The van der Waals surface area contributed by atoms with Gasteiger partial charge < -0.3 is 30.9 Å². The maximum absolute atomic E-state index is 13.5. The molecule has 0 fully saturated rings. The molecule has 0 radical (unpaired) electrons. The molecular formula is C37H41N3O6. The van der Waals surface area contributed by atoms with E-state index in [0.29, 0.717) is 17.9 Å². The fourth-order valence-electron chi connectivity index (χ4n) is 5.24. The van der Waals surface area contributed by atoms with Crippen molar-refractivity contribution in [2.24, 2.45) is 0 Å². The SMILES string of the molecule is CCC(NC(=O)CCC(NC(=O)CCOc1ccc(C(C)O)cc1)C(=O)Nc1ccc(O)cc1)(c1ccccc1)c1ccccc1. The van der Waals surface area contributed by atoms with E-state index in [1.165, 1.54) is 12.1 Å². The average molecular weight is 624 g/mol. The molecule has 46 heavy (non-hydrogen) atoms. The molecule has 0 aliphatic heterocycles. The van der Waals surface area contributed by atoms with E-state index < -0.39 is 29.5 Å². The Balaban J connectivity index is 1.44. The predicted octanol–water partition coefficient (Wildman–Crippen LogP) is 5.59. The molecule has 9 heteroatoms. The molecule has 240 valence electrons. The number of carbonyl (C=O) groups excluding carboxylic acids is 3. The molecule has 0 aliphatic carbocycles. The maximum Gasteiger partial charge on any atom is 0.246 e. The Labute approximate surface area is 269 Å². The first kappa shape index (κ1) is 33.7. The summed E-state index contributed by atoms with van der Waals surface area (Å²) in [6.45, 7) is 3.75. The van der Waals surface area contributed by atoms with Crippen LogP contribution in [0, 0.1) is 0 Å². The molecule has 4 aromatic rings. The summed E-state index contributed by atoms with van der Waals surface area (Å²) in [7, 11) is 0. The molecule has 4 rings (SSSR count). The lowest BCUT2D eigenvalue weighted by molar-refractivity contribution is -0.128. The Kier molecular flexibility index (Phi) is 11.9. The van der Waals surface area contributed by atoms with Crippen LogP contribution in [0.2, 0.25) is 0 Å². The molecule has 9 nitrogen and oxygen atoms in total. The van der Waals surface area contributed by atoms with E-state index in [1.807, 2.05) is 67.6 Å². The van der Waals surface area contributed by atoms with Gasteiger partial charge in [-0.2, -0.15) is 0 Å². The van der Waals surface area contributed by atoms with Crippen LogP contribution in [-0.4, -0.2) is 40.6 Å². The molecule has 0 saturated heterocycles. The number of phenolic OH excluding ortho intramolecular Hbond substituents is 1. The number of amides is 3. The van der Waals surface area contributed by atoms with Crippen LogP contribution >= 0.6 is 0 Å². The number of benzene rings is 4. The van der Waals surface area contributed by atoms with Crippen molar-refractivity contribution in [2.45, 2.75) is 57.2 Å². The zero-order valence-electron chi connectivity index (χ0n) is 26.1. The third kappa shape index (κ3) is 9.18. The summed E-state index contributed by atoms with van der Waals surface area (Å²) in [5.74, 6) is -0.573. The Morgan fingerprint density at radius 3 is 1.91 bits per heavy atom. The van der Waals surface area contributed by atoms with Crippen LogP contribution in [-0.2, 0) is 19.9 Å². The lowest BCUT2D eigenvalue weighted by Crippen LogP contribution is -2.48. The largest absolute Gasteiger partial charge is 0.508 e. The van der Waals surface area contributed by atoms with Crippen molar-refractivity contribution in [3.63, 3.8) is 0 Å². The fourth-order valence-corrected chi connectivity index (χ4v) is 5.24. The third-order valence-electron chi connectivity index (χ3n) is 7.82. The minimum atomic E-state index is -1.01. The van der Waals surface area contributed by atoms with Crippen molar-refractivity contribution in [3.8, 4) is 11.5 Å². The van der Waals surface area contributed by atoms with Gasteiger partial charge in [0.1, 0.15) is 17.5 Å². The van der Waals surface area contributed by atoms with Gasteiger partial charge in [0.2, 0.25) is 17.7 Å². The van der Waals surface area contributed by atoms with Crippen LogP contribution in [0.25, 0.3) is 0 Å². The quantitative estimate of drug-likeness (QED) is 0.110. The van der Waals surface area contributed by atoms with Crippen LogP contribution in [0.1, 0.15) is 62.3 Å². The van der Waals surface area contributed by atoms with Crippen molar-refractivity contribution in [1.82, 2.24) is 10.6 Å². The minimum Gasteiger partial charge on any atom is -0.508 e. The second-order valence-electron chi connectivity index (χ2n) is 11.1. The number of hydrogen-bond acceptors (Lipinski definition) is 6. The lowest BCUT2D eigenvalue weighted by atomic mass is 9.80. The highest BCUT2D eigenvalue weighted by atomic mass is 16.5. The van der Waals surface area contributed by atoms with Crippen molar-refractivity contribution >= 4 is 23.4 Å². The second-order valence-corrected chi connectivity index (χ2v) is 11.1. The highest BCUT2D eigenvalue weighted by molar-refractivity contribution is 5.97. The van der Waals surface area contributed by atoms with E-state index in [-0.39, 0.29) is 37.5 Å². The van der Waals surface area contributed by atoms with E-state index >= 15 is 0 Å². The Hall–Kier alpha value is -5.15. The second kappa shape index (κ2) is 16.2. The van der Waals surface area contributed by atoms with Crippen LogP contribution in [0.5, 0.6) is 11.5 Å². The van der Waals surface area contributed by atoms with Gasteiger partial charge in [-0.15, -0.1) is 0 Å². The standard InChI is InChI=1S/C37H41N3O6/c1-3-37(28-10-6-4-7-11-28,29-12-8-5-9-13-29)40-35(44)23-22-33(36(45)38-30-16-18-31(42)19-17-30)39-34(43)24-25-46-32-20-14-27(15-21-32)26(2)41/h4-21,26,33,41-42H,3,22-25H2,1-2H3,(H,38,45)(H,39,43)(H,40,44). The molecule has 2 atom stereocenters. The lowest BCUT2D eigenvalue weighted by Gasteiger charge is -2.35. The first-order chi connectivity index (χ1) is 22.2. The highest BCUT2D eigenvalue weighted by Gasteiger charge is 2.34. The number of ether oxygens (including phenoxy) is 1. The topological polar surface area (TPSA) is 137 Å². The Morgan fingerprint density at radius 1 is 0.783 bits per heavy atom. The molecule has 3 amide bonds. The fraction of sp³-hybridized carbons (Fsp3) is 0.270. The van der Waals surface area contributed by atoms with Gasteiger partial charge in [-0.25, -0.2) is 0 Å². The number of hydrogen-bond donors (Lipinski definition) is 5. The first-order valence-corrected chi connectivity index (χ1v) is 15.4. The van der Waals surface area contributed by atoms with Crippen molar-refractivity contribution in [1.29, 1.82) is 0 Å². The summed E-state index contributed by atoms with van der Waals surface area (Å²) in [6.07, 6.45) is -0.000133. The molecule has 4 aromatic carbocycles. The zero-order chi connectivity index (χ0) is 32.9.